The number of likely N-dealkylation sites (tertiary alicyclic amines) is 1. The number of aryl methyl sites for hydroxylation is 2. The van der Waals surface area contributed by atoms with Gasteiger partial charge in [-0.1, -0.05) is 12.1 Å². The minimum atomic E-state index is -0.0352. The van der Waals surface area contributed by atoms with E-state index in [1.165, 1.54) is 0 Å². The molecule has 7 nitrogen and oxygen atoms in total. The molecule has 0 aliphatic carbocycles. The van der Waals surface area contributed by atoms with Crippen LogP contribution in [0.15, 0.2) is 42.9 Å². The van der Waals surface area contributed by atoms with Gasteiger partial charge in [-0.15, -0.1) is 0 Å². The summed E-state index contributed by atoms with van der Waals surface area (Å²) in [6.07, 6.45) is 4.94. The minimum Gasteiger partial charge on any atom is -0.340 e. The average Bonchev–Trinajstić information content (AvgIpc) is 3.34. The first kappa shape index (κ1) is 16.8. The summed E-state index contributed by atoms with van der Waals surface area (Å²) in [6.45, 7) is 2.08. The van der Waals surface area contributed by atoms with Gasteiger partial charge in [-0.05, 0) is 24.6 Å². The predicted octanol–water partition coefficient (Wildman–Crippen LogP) is 1.50. The quantitative estimate of drug-likeness (QED) is 0.754. The van der Waals surface area contributed by atoms with Crippen molar-refractivity contribution in [1.82, 2.24) is 24.2 Å². The number of nitrogens with two attached hydrogens (primary N) is 1. The van der Waals surface area contributed by atoms with Crippen molar-refractivity contribution in [2.24, 2.45) is 12.8 Å². The molecule has 0 bridgehead atoms. The standard InChI is InChI=1S/C19H24N6O/c1-23-17(8-9-22-23)14-11-25(12-15(14)20)19(26)7-4-10-24-13-21-16-5-2-3-6-18(16)24/h2-3,5-6,8-9,13-15H,4,7,10-12,20H2,1H3/t14-,15-/m1/s1. The molecule has 1 fully saturated rings. The van der Waals surface area contributed by atoms with Crippen molar-refractivity contribution < 1.29 is 4.79 Å². The average molecular weight is 352 g/mol. The van der Waals surface area contributed by atoms with Gasteiger partial charge in [0.1, 0.15) is 0 Å². The lowest BCUT2D eigenvalue weighted by molar-refractivity contribution is -0.130. The first-order chi connectivity index (χ1) is 12.6. The van der Waals surface area contributed by atoms with E-state index in [1.54, 1.807) is 6.20 Å². The number of imidazole rings is 1. The zero-order valence-corrected chi connectivity index (χ0v) is 15.0. The number of nitrogens with zero attached hydrogens (tertiary/aromatic N) is 5. The van der Waals surface area contributed by atoms with Crippen LogP contribution in [0.5, 0.6) is 0 Å². The summed E-state index contributed by atoms with van der Waals surface area (Å²) in [5, 5.41) is 4.22. The highest BCUT2D eigenvalue weighted by atomic mass is 16.2. The lowest BCUT2D eigenvalue weighted by atomic mass is 10.0. The van der Waals surface area contributed by atoms with Gasteiger partial charge in [0.15, 0.2) is 0 Å². The monoisotopic (exact) mass is 352 g/mol. The van der Waals surface area contributed by atoms with Gasteiger partial charge in [0.25, 0.3) is 0 Å². The summed E-state index contributed by atoms with van der Waals surface area (Å²) in [5.41, 5.74) is 9.48. The Balaban J connectivity index is 1.33. The first-order valence-corrected chi connectivity index (χ1v) is 9.04. The molecular weight excluding hydrogens is 328 g/mol. The van der Waals surface area contributed by atoms with Crippen molar-refractivity contribution in [2.45, 2.75) is 31.3 Å². The van der Waals surface area contributed by atoms with Crippen LogP contribution in [0.3, 0.4) is 0 Å². The maximum atomic E-state index is 12.6. The number of rotatable bonds is 5. The molecule has 0 radical (unpaired) electrons. The molecule has 1 aromatic carbocycles. The van der Waals surface area contributed by atoms with E-state index in [9.17, 15) is 4.79 Å². The Hall–Kier alpha value is -2.67. The van der Waals surface area contributed by atoms with Crippen molar-refractivity contribution in [3.63, 3.8) is 0 Å². The summed E-state index contributed by atoms with van der Waals surface area (Å²) < 4.78 is 3.96. The zero-order valence-electron chi connectivity index (χ0n) is 15.0. The largest absolute Gasteiger partial charge is 0.340 e. The molecule has 2 aromatic heterocycles. The maximum Gasteiger partial charge on any atom is 0.222 e. The fraction of sp³-hybridized carbons (Fsp3) is 0.421. The van der Waals surface area contributed by atoms with Crippen molar-refractivity contribution in [1.29, 1.82) is 0 Å². The zero-order chi connectivity index (χ0) is 18.1. The summed E-state index contributed by atoms with van der Waals surface area (Å²) in [4.78, 5) is 18.9. The minimum absolute atomic E-state index is 0.0352. The molecule has 2 N–H and O–H groups in total. The maximum absolute atomic E-state index is 12.6. The number of hydrogen-bond donors (Lipinski definition) is 1. The highest BCUT2D eigenvalue weighted by molar-refractivity contribution is 5.77. The first-order valence-electron chi connectivity index (χ1n) is 9.04. The van der Waals surface area contributed by atoms with Gasteiger partial charge in [-0.25, -0.2) is 4.98 Å². The van der Waals surface area contributed by atoms with Crippen LogP contribution in [-0.4, -0.2) is 49.3 Å². The lowest BCUT2D eigenvalue weighted by Gasteiger charge is -2.16. The topological polar surface area (TPSA) is 82.0 Å². The third-order valence-corrected chi connectivity index (χ3v) is 5.27. The van der Waals surface area contributed by atoms with Gasteiger partial charge in [0.2, 0.25) is 5.91 Å². The molecule has 1 saturated heterocycles. The molecule has 0 unspecified atom stereocenters. The number of benzene rings is 1. The predicted molar refractivity (Wildman–Crippen MR) is 99.5 cm³/mol. The summed E-state index contributed by atoms with van der Waals surface area (Å²) in [6, 6.07) is 10.0. The Bertz CT molecular complexity index is 914. The van der Waals surface area contributed by atoms with Gasteiger partial charge in [0.05, 0.1) is 17.4 Å². The summed E-state index contributed by atoms with van der Waals surface area (Å²) >= 11 is 0. The van der Waals surface area contributed by atoms with E-state index in [1.807, 2.05) is 47.2 Å². The Kier molecular flexibility index (Phi) is 4.46. The van der Waals surface area contributed by atoms with E-state index in [4.69, 9.17) is 5.73 Å². The third kappa shape index (κ3) is 3.10. The van der Waals surface area contributed by atoms with Crippen molar-refractivity contribution >= 4 is 16.9 Å². The smallest absolute Gasteiger partial charge is 0.222 e. The van der Waals surface area contributed by atoms with Crippen LogP contribution in [0.4, 0.5) is 0 Å². The van der Waals surface area contributed by atoms with Gasteiger partial charge >= 0.3 is 0 Å². The van der Waals surface area contributed by atoms with Crippen molar-refractivity contribution in [3.8, 4) is 0 Å². The second kappa shape index (κ2) is 6.92. The second-order valence-corrected chi connectivity index (χ2v) is 6.98. The lowest BCUT2D eigenvalue weighted by Crippen LogP contribution is -2.32. The van der Waals surface area contributed by atoms with Crippen LogP contribution in [0.1, 0.15) is 24.5 Å². The molecule has 2 atom stereocenters. The fourth-order valence-corrected chi connectivity index (χ4v) is 3.84. The molecular formula is C19H24N6O. The van der Waals surface area contributed by atoms with Crippen LogP contribution >= 0.6 is 0 Å². The molecule has 3 aromatic rings. The number of amides is 1. The van der Waals surface area contributed by atoms with Crippen molar-refractivity contribution in [3.05, 3.63) is 48.5 Å². The number of aromatic nitrogens is 4. The number of carbonyl (C=O) groups is 1. The molecule has 3 heterocycles. The van der Waals surface area contributed by atoms with Crippen LogP contribution in [0, 0.1) is 0 Å². The van der Waals surface area contributed by atoms with E-state index in [0.29, 0.717) is 19.5 Å². The van der Waals surface area contributed by atoms with E-state index in [0.717, 1.165) is 29.7 Å². The fourth-order valence-electron chi connectivity index (χ4n) is 3.84. The number of fused-ring (bicyclic) bond motifs is 1. The van der Waals surface area contributed by atoms with Crippen LogP contribution in [0.2, 0.25) is 0 Å². The molecule has 4 rings (SSSR count). The summed E-state index contributed by atoms with van der Waals surface area (Å²) in [7, 11) is 1.92. The Morgan fingerprint density at radius 2 is 2.12 bits per heavy atom. The molecule has 0 spiro atoms. The molecule has 136 valence electrons. The van der Waals surface area contributed by atoms with E-state index < -0.39 is 0 Å². The normalized spacial score (nSPS) is 20.2. The van der Waals surface area contributed by atoms with Crippen LogP contribution in [-0.2, 0) is 18.4 Å². The molecule has 1 amide bonds. The summed E-state index contributed by atoms with van der Waals surface area (Å²) in [5.74, 6) is 0.332. The number of hydrogen-bond acceptors (Lipinski definition) is 4. The highest BCUT2D eigenvalue weighted by Crippen LogP contribution is 2.26. The highest BCUT2D eigenvalue weighted by Gasteiger charge is 2.35. The molecule has 1 aliphatic heterocycles. The molecule has 0 saturated carbocycles. The second-order valence-electron chi connectivity index (χ2n) is 6.98. The van der Waals surface area contributed by atoms with Gasteiger partial charge < -0.3 is 15.2 Å². The number of para-hydroxylation sites is 2. The van der Waals surface area contributed by atoms with E-state index >= 15 is 0 Å². The third-order valence-electron chi connectivity index (χ3n) is 5.27. The Morgan fingerprint density at radius 1 is 1.27 bits per heavy atom. The molecule has 1 aliphatic rings. The van der Waals surface area contributed by atoms with Crippen LogP contribution < -0.4 is 5.73 Å². The van der Waals surface area contributed by atoms with Gasteiger partial charge in [-0.3, -0.25) is 9.48 Å². The van der Waals surface area contributed by atoms with Gasteiger partial charge in [-0.2, -0.15) is 5.10 Å². The Labute approximate surface area is 152 Å². The van der Waals surface area contributed by atoms with E-state index in [2.05, 4.69) is 20.7 Å². The molecule has 7 heteroatoms. The van der Waals surface area contributed by atoms with Crippen molar-refractivity contribution in [2.75, 3.05) is 13.1 Å². The van der Waals surface area contributed by atoms with Gasteiger partial charge in [0, 0.05) is 57.0 Å². The van der Waals surface area contributed by atoms with E-state index in [-0.39, 0.29) is 17.9 Å². The Morgan fingerprint density at radius 3 is 2.92 bits per heavy atom. The van der Waals surface area contributed by atoms with Crippen LogP contribution in [0.25, 0.3) is 11.0 Å². The SMILES string of the molecule is Cn1nccc1[C@@H]1CN(C(=O)CCCn2cnc3ccccc32)C[C@H]1N. The number of carbonyl (C=O) groups excluding carboxylic acids is 1. The molecule has 26 heavy (non-hydrogen) atoms.